The fraction of sp³-hybridized carbons (Fsp3) is 0.250. The van der Waals surface area contributed by atoms with E-state index in [9.17, 15) is 0 Å². The number of benzene rings is 2. The normalized spacial score (nSPS) is 10.7. The van der Waals surface area contributed by atoms with Crippen LogP contribution in [0.1, 0.15) is 22.3 Å². The van der Waals surface area contributed by atoms with E-state index in [1.54, 1.807) is 0 Å². The van der Waals surface area contributed by atoms with E-state index in [1.165, 1.54) is 33.4 Å². The van der Waals surface area contributed by atoms with Crippen LogP contribution < -0.4 is 0 Å². The van der Waals surface area contributed by atoms with Gasteiger partial charge in [0.05, 0.1) is 0 Å². The summed E-state index contributed by atoms with van der Waals surface area (Å²) in [4.78, 5) is 0. The number of hydrogen-bond acceptors (Lipinski definition) is 0. The molecular weight excluding hydrogens is 254 g/mol. The second-order valence-corrected chi connectivity index (χ2v) is 5.51. The zero-order valence-corrected chi connectivity index (χ0v) is 13.3. The Hall–Kier alpha value is -0.700. The van der Waals surface area contributed by atoms with E-state index in [-0.39, 0.29) is 0 Å². The molecule has 2 aromatic carbocycles. The third-order valence-corrected chi connectivity index (χ3v) is 4.34. The topological polar surface area (TPSA) is 0 Å². The molecule has 0 saturated heterocycles. The van der Waals surface area contributed by atoms with Gasteiger partial charge in [-0.25, -0.2) is 0 Å². The minimum atomic E-state index is 1.02. The van der Waals surface area contributed by atoms with Crippen molar-refractivity contribution >= 4 is 18.5 Å². The lowest BCUT2D eigenvalue weighted by Gasteiger charge is -2.10. The minimum Gasteiger partial charge on any atom is -0.133 e. The first-order valence-electron chi connectivity index (χ1n) is 6.25. The standard InChI is InChI=1S/C16H20P2/c1-11-7-13(3-5-15(11)9-17)14-4-6-16(10-18)12(2)8-14/h3-8H,9-10,17-18H2,1-2H3. The average molecular weight is 274 g/mol. The van der Waals surface area contributed by atoms with Crippen molar-refractivity contribution in [2.45, 2.75) is 26.2 Å². The highest BCUT2D eigenvalue weighted by Crippen LogP contribution is 2.26. The van der Waals surface area contributed by atoms with E-state index < -0.39 is 0 Å². The summed E-state index contributed by atoms with van der Waals surface area (Å²) in [5, 5.41) is 0. The van der Waals surface area contributed by atoms with Crippen LogP contribution in [0.25, 0.3) is 11.1 Å². The van der Waals surface area contributed by atoms with Gasteiger partial charge in [-0.3, -0.25) is 0 Å². The van der Waals surface area contributed by atoms with E-state index in [2.05, 4.69) is 68.7 Å². The molecule has 0 spiro atoms. The van der Waals surface area contributed by atoms with Crippen LogP contribution in [0.4, 0.5) is 0 Å². The fourth-order valence-electron chi connectivity index (χ4n) is 2.21. The molecule has 0 nitrogen and oxygen atoms in total. The van der Waals surface area contributed by atoms with Crippen LogP contribution in [-0.4, -0.2) is 0 Å². The zero-order valence-electron chi connectivity index (χ0n) is 11.0. The summed E-state index contributed by atoms with van der Waals surface area (Å²) in [5.41, 5.74) is 8.18. The van der Waals surface area contributed by atoms with Crippen molar-refractivity contribution < 1.29 is 0 Å². The van der Waals surface area contributed by atoms with Crippen molar-refractivity contribution in [1.82, 2.24) is 0 Å². The Morgan fingerprint density at radius 1 is 0.722 bits per heavy atom. The first-order valence-corrected chi connectivity index (χ1v) is 7.88. The Morgan fingerprint density at radius 2 is 1.11 bits per heavy atom. The molecule has 0 aliphatic rings. The van der Waals surface area contributed by atoms with Gasteiger partial charge in [-0.1, -0.05) is 36.4 Å². The summed E-state index contributed by atoms with van der Waals surface area (Å²) >= 11 is 0. The van der Waals surface area contributed by atoms with E-state index in [4.69, 9.17) is 0 Å². The molecule has 0 saturated carbocycles. The third kappa shape index (κ3) is 2.82. The molecule has 2 atom stereocenters. The molecule has 0 aliphatic heterocycles. The van der Waals surface area contributed by atoms with Crippen molar-refractivity contribution in [2.75, 3.05) is 0 Å². The third-order valence-electron chi connectivity index (χ3n) is 3.46. The monoisotopic (exact) mass is 274 g/mol. The number of aryl methyl sites for hydroxylation is 2. The summed E-state index contributed by atoms with van der Waals surface area (Å²) < 4.78 is 0. The van der Waals surface area contributed by atoms with Gasteiger partial charge in [0.25, 0.3) is 0 Å². The van der Waals surface area contributed by atoms with E-state index in [0.29, 0.717) is 0 Å². The van der Waals surface area contributed by atoms with Gasteiger partial charge in [-0.15, -0.1) is 18.5 Å². The number of hydrogen-bond donors (Lipinski definition) is 0. The van der Waals surface area contributed by atoms with Gasteiger partial charge in [0.1, 0.15) is 0 Å². The summed E-state index contributed by atoms with van der Waals surface area (Å²) in [6.45, 7) is 4.37. The summed E-state index contributed by atoms with van der Waals surface area (Å²) in [7, 11) is 5.58. The van der Waals surface area contributed by atoms with Crippen LogP contribution in [0, 0.1) is 13.8 Å². The highest BCUT2D eigenvalue weighted by Gasteiger charge is 2.03. The smallest absolute Gasteiger partial charge is 0.0126 e. The molecule has 0 aromatic heterocycles. The molecule has 94 valence electrons. The average Bonchev–Trinajstić information content (AvgIpc) is 2.38. The minimum absolute atomic E-state index is 1.02. The van der Waals surface area contributed by atoms with Crippen LogP contribution in [0.5, 0.6) is 0 Å². The van der Waals surface area contributed by atoms with E-state index >= 15 is 0 Å². The quantitative estimate of drug-likeness (QED) is 0.710. The maximum atomic E-state index is 2.79. The van der Waals surface area contributed by atoms with E-state index in [0.717, 1.165) is 12.3 Å². The Morgan fingerprint density at radius 3 is 1.39 bits per heavy atom. The Bertz CT molecular complexity index is 508. The van der Waals surface area contributed by atoms with Gasteiger partial charge in [-0.05, 0) is 59.6 Å². The lowest BCUT2D eigenvalue weighted by molar-refractivity contribution is 1.29. The maximum absolute atomic E-state index is 2.79. The first-order chi connectivity index (χ1) is 8.65. The van der Waals surface area contributed by atoms with Crippen LogP contribution in [0.3, 0.4) is 0 Å². The van der Waals surface area contributed by atoms with Gasteiger partial charge >= 0.3 is 0 Å². The van der Waals surface area contributed by atoms with Gasteiger partial charge in [0.15, 0.2) is 0 Å². The van der Waals surface area contributed by atoms with Gasteiger partial charge in [0.2, 0.25) is 0 Å². The second-order valence-electron chi connectivity index (χ2n) is 4.69. The van der Waals surface area contributed by atoms with Crippen molar-refractivity contribution in [3.63, 3.8) is 0 Å². The maximum Gasteiger partial charge on any atom is -0.0126 e. The van der Waals surface area contributed by atoms with Gasteiger partial charge in [-0.2, -0.15) is 0 Å². The predicted octanol–water partition coefficient (Wildman–Crippen LogP) is 4.72. The molecule has 18 heavy (non-hydrogen) atoms. The number of rotatable bonds is 3. The molecule has 2 rings (SSSR count). The largest absolute Gasteiger partial charge is 0.133 e. The van der Waals surface area contributed by atoms with Crippen molar-refractivity contribution in [3.05, 3.63) is 58.7 Å². The molecule has 2 heteroatoms. The van der Waals surface area contributed by atoms with Gasteiger partial charge < -0.3 is 0 Å². The SMILES string of the molecule is Cc1cc(-c2ccc(CP)c(C)c2)ccc1CP. The molecule has 0 radical (unpaired) electrons. The fourth-order valence-corrected chi connectivity index (χ4v) is 3.13. The first kappa shape index (κ1) is 13.7. The summed E-state index contributed by atoms with van der Waals surface area (Å²) in [5.74, 6) is 0. The van der Waals surface area contributed by atoms with Crippen LogP contribution in [-0.2, 0) is 12.3 Å². The highest BCUT2D eigenvalue weighted by atomic mass is 31.0. The molecule has 2 unspecified atom stereocenters. The molecule has 0 heterocycles. The van der Waals surface area contributed by atoms with Crippen LogP contribution in [0.2, 0.25) is 0 Å². The molecule has 2 aromatic rings. The lowest BCUT2D eigenvalue weighted by Crippen LogP contribution is -1.89. The Kier molecular flexibility index (Phi) is 4.55. The van der Waals surface area contributed by atoms with Crippen molar-refractivity contribution in [1.29, 1.82) is 0 Å². The molecule has 0 amide bonds. The lowest BCUT2D eigenvalue weighted by atomic mass is 9.97. The molecule has 0 N–H and O–H groups in total. The van der Waals surface area contributed by atoms with Gasteiger partial charge in [0, 0.05) is 0 Å². The van der Waals surface area contributed by atoms with Crippen LogP contribution in [0.15, 0.2) is 36.4 Å². The van der Waals surface area contributed by atoms with Crippen molar-refractivity contribution in [3.8, 4) is 11.1 Å². The second kappa shape index (κ2) is 5.96. The predicted molar refractivity (Wildman–Crippen MR) is 88.2 cm³/mol. The van der Waals surface area contributed by atoms with E-state index in [1.807, 2.05) is 0 Å². The summed E-state index contributed by atoms with van der Waals surface area (Å²) in [6, 6.07) is 13.5. The zero-order chi connectivity index (χ0) is 13.1. The molecule has 0 bridgehead atoms. The molecule has 0 aliphatic carbocycles. The molecular formula is C16H20P2. The summed E-state index contributed by atoms with van der Waals surface area (Å²) in [6.07, 6.45) is 2.05. The highest BCUT2D eigenvalue weighted by molar-refractivity contribution is 7.15. The molecule has 0 fully saturated rings. The Balaban J connectivity index is 2.42. The van der Waals surface area contributed by atoms with Crippen LogP contribution >= 0.6 is 18.5 Å². The van der Waals surface area contributed by atoms with Crippen molar-refractivity contribution in [2.24, 2.45) is 0 Å². The Labute approximate surface area is 115 Å².